The Morgan fingerprint density at radius 3 is 1.43 bits per heavy atom. The van der Waals surface area contributed by atoms with Crippen LogP contribution >= 0.6 is 0 Å². The summed E-state index contributed by atoms with van der Waals surface area (Å²) in [4.78, 5) is 11.8. The molecule has 0 atom stereocenters. The first-order valence-corrected chi connectivity index (χ1v) is 4.22. The second-order valence-corrected chi connectivity index (χ2v) is 2.31. The molecule has 0 saturated heterocycles. The Labute approximate surface area is 83.2 Å². The van der Waals surface area contributed by atoms with E-state index in [1.807, 2.05) is 24.3 Å². The van der Waals surface area contributed by atoms with Gasteiger partial charge in [-0.3, -0.25) is 4.98 Å². The number of aromatic nitrogens is 3. The zero-order valence-corrected chi connectivity index (χ0v) is 7.69. The lowest BCUT2D eigenvalue weighted by atomic mass is 10.5. The van der Waals surface area contributed by atoms with Gasteiger partial charge in [-0.2, -0.15) is 0 Å². The van der Waals surface area contributed by atoms with Crippen LogP contribution in [0.25, 0.3) is 0 Å². The topological polar surface area (TPSA) is 38.7 Å². The van der Waals surface area contributed by atoms with Gasteiger partial charge < -0.3 is 0 Å². The standard InChI is InChI=1S/C11H11N3/c1-2-4-9-13-11-14-10-6-5-8-12-7-3-1/h1-11H. The molecule has 1 aromatic rings. The van der Waals surface area contributed by atoms with E-state index in [0.717, 1.165) is 0 Å². The molecule has 0 bridgehead atoms. The summed E-state index contributed by atoms with van der Waals surface area (Å²) in [6, 6.07) is 11.0. The van der Waals surface area contributed by atoms with Crippen molar-refractivity contribution in [3.05, 3.63) is 67.5 Å². The average Bonchev–Trinajstić information content (AvgIpc) is 2.22. The quantitative estimate of drug-likeness (QED) is 0.621. The van der Waals surface area contributed by atoms with Gasteiger partial charge in [-0.05, 0) is 24.3 Å². The minimum Gasteiger partial charge on any atom is -0.265 e. The summed E-state index contributed by atoms with van der Waals surface area (Å²) in [5.74, 6) is 0. The molecule has 1 rings (SSSR count). The van der Waals surface area contributed by atoms with Crippen molar-refractivity contribution >= 4 is 0 Å². The van der Waals surface area contributed by atoms with Crippen molar-refractivity contribution in [2.75, 3.05) is 0 Å². The Kier molecular flexibility index (Phi) is 5.47. The van der Waals surface area contributed by atoms with Crippen LogP contribution in [0.4, 0.5) is 0 Å². The van der Waals surface area contributed by atoms with Crippen molar-refractivity contribution in [3.63, 3.8) is 0 Å². The van der Waals surface area contributed by atoms with Crippen LogP contribution in [0.15, 0.2) is 67.5 Å². The minimum atomic E-state index is 1.48. The van der Waals surface area contributed by atoms with Gasteiger partial charge >= 0.3 is 0 Å². The fourth-order valence-corrected chi connectivity index (χ4v) is 0.691. The molecule has 0 aliphatic rings. The third kappa shape index (κ3) is 5.60. The highest BCUT2D eigenvalue weighted by molar-refractivity contribution is 4.88. The molecule has 1 heterocycles. The highest BCUT2D eigenvalue weighted by Gasteiger charge is 1.59. The van der Waals surface area contributed by atoms with E-state index in [1.54, 1.807) is 36.9 Å². The molecule has 3 nitrogen and oxygen atoms in total. The molecule has 3 heteroatoms. The lowest BCUT2D eigenvalue weighted by Crippen LogP contribution is -1.63. The highest BCUT2D eigenvalue weighted by atomic mass is 14.8. The normalized spacial score (nSPS) is 8.00. The third-order valence-corrected chi connectivity index (χ3v) is 1.27. The second-order valence-electron chi connectivity index (χ2n) is 2.31. The summed E-state index contributed by atoms with van der Waals surface area (Å²) in [5.41, 5.74) is 0. The molecule has 0 unspecified atom stereocenters. The first-order chi connectivity index (χ1) is 7.00. The largest absolute Gasteiger partial charge is 0.265 e. The fraction of sp³-hybridized carbons (Fsp3) is 0. The van der Waals surface area contributed by atoms with Gasteiger partial charge in [0.25, 0.3) is 0 Å². The predicted molar refractivity (Wildman–Crippen MR) is 55.1 cm³/mol. The summed E-state index contributed by atoms with van der Waals surface area (Å²) in [7, 11) is 0. The summed E-state index contributed by atoms with van der Waals surface area (Å²) in [6.45, 7) is 0. The van der Waals surface area contributed by atoms with E-state index >= 15 is 0 Å². The van der Waals surface area contributed by atoms with E-state index in [-0.39, 0.29) is 0 Å². The Morgan fingerprint density at radius 1 is 0.429 bits per heavy atom. The maximum atomic E-state index is 4.00. The maximum absolute atomic E-state index is 4.00. The molecule has 70 valence electrons. The van der Waals surface area contributed by atoms with E-state index in [0.29, 0.717) is 0 Å². The van der Waals surface area contributed by atoms with Crippen LogP contribution in [0.1, 0.15) is 0 Å². The zero-order valence-electron chi connectivity index (χ0n) is 7.69. The smallest absolute Gasteiger partial charge is 0.115 e. The van der Waals surface area contributed by atoms with Crippen LogP contribution in [0.3, 0.4) is 0 Å². The molecule has 0 spiro atoms. The maximum Gasteiger partial charge on any atom is 0.115 e. The van der Waals surface area contributed by atoms with Crippen LogP contribution in [0.2, 0.25) is 0 Å². The Balaban J connectivity index is 3.00. The van der Waals surface area contributed by atoms with Crippen molar-refractivity contribution < 1.29 is 0 Å². The molecule has 0 aliphatic carbocycles. The minimum absolute atomic E-state index is 1.48. The van der Waals surface area contributed by atoms with E-state index < -0.39 is 0 Å². The number of rotatable bonds is 0. The Morgan fingerprint density at radius 2 is 0.857 bits per heavy atom. The average molecular weight is 185 g/mol. The van der Waals surface area contributed by atoms with Crippen LogP contribution in [-0.2, 0) is 0 Å². The van der Waals surface area contributed by atoms with Crippen LogP contribution in [0.5, 0.6) is 0 Å². The monoisotopic (exact) mass is 185 g/mol. The SMILES string of the molecule is c1cccncnccccncc1. The predicted octanol–water partition coefficient (Wildman–Crippen LogP) is 2.12. The first-order valence-electron chi connectivity index (χ1n) is 4.22. The van der Waals surface area contributed by atoms with Gasteiger partial charge in [0.2, 0.25) is 0 Å². The molecule has 0 radical (unpaired) electrons. The van der Waals surface area contributed by atoms with Gasteiger partial charge in [0.15, 0.2) is 0 Å². The van der Waals surface area contributed by atoms with Crippen LogP contribution in [-0.4, -0.2) is 15.0 Å². The van der Waals surface area contributed by atoms with Gasteiger partial charge in [0.1, 0.15) is 6.33 Å². The molecule has 14 heavy (non-hydrogen) atoms. The molecular formula is C11H11N3. The first kappa shape index (κ1) is 10.1. The fourth-order valence-electron chi connectivity index (χ4n) is 0.691. The molecular weight excluding hydrogens is 174 g/mol. The molecule has 0 aromatic carbocycles. The zero-order chi connectivity index (χ0) is 9.90. The van der Waals surface area contributed by atoms with Gasteiger partial charge in [-0.15, -0.1) is 0 Å². The second kappa shape index (κ2) is 7.61. The molecule has 1 aromatic heterocycles. The third-order valence-electron chi connectivity index (χ3n) is 1.27. The number of hydrogen-bond acceptors (Lipinski definition) is 3. The van der Waals surface area contributed by atoms with Crippen molar-refractivity contribution in [3.8, 4) is 0 Å². The Hall–Kier alpha value is -2.03. The van der Waals surface area contributed by atoms with Gasteiger partial charge in [0.05, 0.1) is 0 Å². The van der Waals surface area contributed by atoms with Gasteiger partial charge in [-0.25, -0.2) is 9.97 Å². The van der Waals surface area contributed by atoms with Gasteiger partial charge in [0, 0.05) is 24.8 Å². The van der Waals surface area contributed by atoms with E-state index in [9.17, 15) is 0 Å². The van der Waals surface area contributed by atoms with Crippen molar-refractivity contribution in [2.45, 2.75) is 0 Å². The summed E-state index contributed by atoms with van der Waals surface area (Å²) in [6.07, 6.45) is 8.19. The van der Waals surface area contributed by atoms with Gasteiger partial charge in [-0.1, -0.05) is 12.1 Å². The summed E-state index contributed by atoms with van der Waals surface area (Å²) < 4.78 is 0. The Bertz CT molecular complexity index is 223. The number of hydrogen-bond donors (Lipinski definition) is 0. The van der Waals surface area contributed by atoms with E-state index in [2.05, 4.69) is 15.0 Å². The van der Waals surface area contributed by atoms with E-state index in [4.69, 9.17) is 0 Å². The summed E-state index contributed by atoms with van der Waals surface area (Å²) in [5, 5.41) is 0. The van der Waals surface area contributed by atoms with E-state index in [1.165, 1.54) is 6.33 Å². The highest BCUT2D eigenvalue weighted by Crippen LogP contribution is 1.73. The van der Waals surface area contributed by atoms with Crippen molar-refractivity contribution in [1.82, 2.24) is 15.0 Å². The molecule has 0 amide bonds. The van der Waals surface area contributed by atoms with Crippen LogP contribution in [0, 0.1) is 0 Å². The molecule has 0 fully saturated rings. The molecule has 0 saturated carbocycles. The molecule has 0 aliphatic heterocycles. The number of nitrogens with zero attached hydrogens (tertiary/aromatic N) is 3. The van der Waals surface area contributed by atoms with Crippen LogP contribution < -0.4 is 0 Å². The molecule has 0 N–H and O–H groups in total. The lowest BCUT2D eigenvalue weighted by molar-refractivity contribution is 1.20. The lowest BCUT2D eigenvalue weighted by Gasteiger charge is -1.70. The van der Waals surface area contributed by atoms with Crippen molar-refractivity contribution in [1.29, 1.82) is 0 Å². The van der Waals surface area contributed by atoms with Crippen molar-refractivity contribution in [2.24, 2.45) is 0 Å². The summed E-state index contributed by atoms with van der Waals surface area (Å²) >= 11 is 0.